The zero-order valence-electron chi connectivity index (χ0n) is 18.3. The minimum absolute atomic E-state index is 0.211. The lowest BCUT2D eigenvalue weighted by molar-refractivity contribution is -0.125. The molecule has 0 saturated carbocycles. The molecule has 0 aliphatic carbocycles. The summed E-state index contributed by atoms with van der Waals surface area (Å²) in [5, 5.41) is 2.91. The maximum Gasteiger partial charge on any atom is 0.243 e. The van der Waals surface area contributed by atoms with Crippen LogP contribution < -0.4 is 10.1 Å². The molecule has 8 heteroatoms. The summed E-state index contributed by atoms with van der Waals surface area (Å²) in [7, 11) is -3.73. The van der Waals surface area contributed by atoms with Crippen LogP contribution in [0.3, 0.4) is 0 Å². The van der Waals surface area contributed by atoms with Crippen LogP contribution >= 0.6 is 0 Å². The molecule has 1 amide bonds. The molecule has 0 radical (unpaired) electrons. The van der Waals surface area contributed by atoms with Gasteiger partial charge in [0.2, 0.25) is 15.9 Å². The third kappa shape index (κ3) is 5.77. The standard InChI is InChI=1S/C25H27N3O4S/c29-25(24-14-5-7-16-28(24)33(30,31)23-12-2-1-3-13-23)27-18-20-9-8-11-22(17-20)32-19-21-10-4-6-15-26-21/h1-4,6,8-13,15,17,24H,5,7,14,16,18-19H2,(H,27,29). The summed E-state index contributed by atoms with van der Waals surface area (Å²) in [6.07, 6.45) is 3.78. The number of carbonyl (C=O) groups excluding carboxylic acids is 1. The van der Waals surface area contributed by atoms with Crippen molar-refractivity contribution in [3.8, 4) is 5.75 Å². The van der Waals surface area contributed by atoms with E-state index in [1.54, 1.807) is 36.5 Å². The van der Waals surface area contributed by atoms with Crippen molar-refractivity contribution >= 4 is 15.9 Å². The molecule has 172 valence electrons. The summed E-state index contributed by atoms with van der Waals surface area (Å²) in [5.74, 6) is 0.396. The van der Waals surface area contributed by atoms with E-state index in [4.69, 9.17) is 4.74 Å². The fraction of sp³-hybridized carbons (Fsp3) is 0.280. The Morgan fingerprint density at radius 2 is 1.85 bits per heavy atom. The van der Waals surface area contributed by atoms with E-state index in [0.29, 0.717) is 25.3 Å². The summed E-state index contributed by atoms with van der Waals surface area (Å²) < 4.78 is 33.4. The fourth-order valence-corrected chi connectivity index (χ4v) is 5.55. The van der Waals surface area contributed by atoms with Crippen LogP contribution in [0.5, 0.6) is 5.75 Å². The maximum atomic E-state index is 13.1. The lowest BCUT2D eigenvalue weighted by atomic mass is 10.0. The molecule has 1 unspecified atom stereocenters. The maximum absolute atomic E-state index is 13.1. The zero-order chi connectivity index (χ0) is 23.1. The predicted molar refractivity (Wildman–Crippen MR) is 125 cm³/mol. The topological polar surface area (TPSA) is 88.6 Å². The molecular formula is C25H27N3O4S. The lowest BCUT2D eigenvalue weighted by Crippen LogP contribution is -2.51. The number of benzene rings is 2. The molecule has 1 fully saturated rings. The number of aromatic nitrogens is 1. The molecule has 0 spiro atoms. The van der Waals surface area contributed by atoms with Crippen LogP contribution in [0.1, 0.15) is 30.5 Å². The first kappa shape index (κ1) is 22.9. The molecule has 1 aliphatic heterocycles. The Labute approximate surface area is 194 Å². The largest absolute Gasteiger partial charge is 0.487 e. The molecule has 1 aromatic heterocycles. The molecule has 0 bridgehead atoms. The molecule has 3 aromatic rings. The number of nitrogens with one attached hydrogen (secondary N) is 1. The summed E-state index contributed by atoms with van der Waals surface area (Å²) in [6, 6.07) is 20.7. The summed E-state index contributed by atoms with van der Waals surface area (Å²) >= 11 is 0. The van der Waals surface area contributed by atoms with Crippen LogP contribution in [0.15, 0.2) is 83.9 Å². The van der Waals surface area contributed by atoms with Gasteiger partial charge < -0.3 is 10.1 Å². The van der Waals surface area contributed by atoms with E-state index in [9.17, 15) is 13.2 Å². The van der Waals surface area contributed by atoms with Gasteiger partial charge in [0.05, 0.1) is 10.6 Å². The Morgan fingerprint density at radius 3 is 2.64 bits per heavy atom. The van der Waals surface area contributed by atoms with Gasteiger partial charge in [-0.2, -0.15) is 4.31 Å². The molecule has 2 aromatic carbocycles. The van der Waals surface area contributed by atoms with Gasteiger partial charge >= 0.3 is 0 Å². The number of carbonyl (C=O) groups is 1. The van der Waals surface area contributed by atoms with Crippen LogP contribution in [0.4, 0.5) is 0 Å². The van der Waals surface area contributed by atoms with Gasteiger partial charge in [0.1, 0.15) is 18.4 Å². The van der Waals surface area contributed by atoms with Crippen LogP contribution in [-0.4, -0.2) is 36.2 Å². The van der Waals surface area contributed by atoms with E-state index < -0.39 is 16.1 Å². The van der Waals surface area contributed by atoms with Crippen molar-refractivity contribution in [1.82, 2.24) is 14.6 Å². The number of amides is 1. The average Bonchev–Trinajstić information content (AvgIpc) is 2.87. The Morgan fingerprint density at radius 1 is 1.03 bits per heavy atom. The van der Waals surface area contributed by atoms with Gasteiger partial charge in [0.25, 0.3) is 0 Å². The SMILES string of the molecule is O=C(NCc1cccc(OCc2ccccn2)c1)C1CCCCN1S(=O)(=O)c1ccccc1. The van der Waals surface area contributed by atoms with E-state index in [1.807, 2.05) is 42.5 Å². The summed E-state index contributed by atoms with van der Waals surface area (Å²) in [4.78, 5) is 17.4. The highest BCUT2D eigenvalue weighted by atomic mass is 32.2. The average molecular weight is 466 g/mol. The van der Waals surface area contributed by atoms with Gasteiger partial charge in [-0.05, 0) is 54.8 Å². The molecule has 4 rings (SSSR count). The van der Waals surface area contributed by atoms with Crippen LogP contribution in [0.2, 0.25) is 0 Å². The third-order valence-corrected chi connectivity index (χ3v) is 7.51. The molecule has 1 N–H and O–H groups in total. The Balaban J connectivity index is 1.39. The smallest absolute Gasteiger partial charge is 0.243 e. The highest BCUT2D eigenvalue weighted by Crippen LogP contribution is 2.25. The van der Waals surface area contributed by atoms with Crippen molar-refractivity contribution < 1.29 is 17.9 Å². The van der Waals surface area contributed by atoms with Gasteiger partial charge in [-0.15, -0.1) is 0 Å². The number of rotatable bonds is 8. The molecule has 1 saturated heterocycles. The van der Waals surface area contributed by atoms with Gasteiger partial charge in [0, 0.05) is 19.3 Å². The third-order valence-electron chi connectivity index (χ3n) is 5.58. The second kappa shape index (κ2) is 10.6. The number of nitrogens with zero attached hydrogens (tertiary/aromatic N) is 2. The summed E-state index contributed by atoms with van der Waals surface area (Å²) in [5.41, 5.74) is 1.70. The first-order valence-corrected chi connectivity index (χ1v) is 12.4. The minimum Gasteiger partial charge on any atom is -0.487 e. The number of hydrogen-bond acceptors (Lipinski definition) is 5. The first-order chi connectivity index (χ1) is 16.0. The quantitative estimate of drug-likeness (QED) is 0.550. The fourth-order valence-electron chi connectivity index (χ4n) is 3.88. The van der Waals surface area contributed by atoms with Crippen LogP contribution in [0.25, 0.3) is 0 Å². The van der Waals surface area contributed by atoms with Crippen molar-refractivity contribution in [2.24, 2.45) is 0 Å². The lowest BCUT2D eigenvalue weighted by Gasteiger charge is -2.33. The molecule has 1 atom stereocenters. The normalized spacial score (nSPS) is 16.8. The van der Waals surface area contributed by atoms with Crippen LogP contribution in [-0.2, 0) is 28.0 Å². The Bertz CT molecular complexity index is 1170. The van der Waals surface area contributed by atoms with Gasteiger partial charge in [0.15, 0.2) is 0 Å². The van der Waals surface area contributed by atoms with Crippen molar-refractivity contribution in [3.63, 3.8) is 0 Å². The van der Waals surface area contributed by atoms with Gasteiger partial charge in [-0.25, -0.2) is 8.42 Å². The van der Waals surface area contributed by atoms with Crippen molar-refractivity contribution in [1.29, 1.82) is 0 Å². The van der Waals surface area contributed by atoms with Crippen molar-refractivity contribution in [2.75, 3.05) is 6.54 Å². The molecule has 1 aliphatic rings. The van der Waals surface area contributed by atoms with Crippen molar-refractivity contribution in [3.05, 3.63) is 90.3 Å². The molecule has 33 heavy (non-hydrogen) atoms. The number of piperidine rings is 1. The van der Waals surface area contributed by atoms with E-state index in [1.165, 1.54) is 4.31 Å². The number of sulfonamides is 1. The van der Waals surface area contributed by atoms with Gasteiger partial charge in [-0.3, -0.25) is 9.78 Å². The second-order valence-electron chi connectivity index (χ2n) is 7.92. The number of ether oxygens (including phenoxy) is 1. The molecular weight excluding hydrogens is 438 g/mol. The minimum atomic E-state index is -3.73. The highest BCUT2D eigenvalue weighted by Gasteiger charge is 2.37. The Hall–Kier alpha value is -3.23. The first-order valence-electron chi connectivity index (χ1n) is 11.0. The van der Waals surface area contributed by atoms with E-state index in [-0.39, 0.29) is 17.3 Å². The highest BCUT2D eigenvalue weighted by molar-refractivity contribution is 7.89. The molecule has 2 heterocycles. The van der Waals surface area contributed by atoms with Gasteiger partial charge in [-0.1, -0.05) is 42.8 Å². The number of hydrogen-bond donors (Lipinski definition) is 1. The predicted octanol–water partition coefficient (Wildman–Crippen LogP) is 3.52. The summed E-state index contributed by atoms with van der Waals surface area (Å²) in [6.45, 7) is 0.979. The van der Waals surface area contributed by atoms with E-state index in [2.05, 4.69) is 10.3 Å². The van der Waals surface area contributed by atoms with E-state index in [0.717, 1.165) is 24.1 Å². The number of pyridine rings is 1. The Kier molecular flexibility index (Phi) is 7.36. The monoisotopic (exact) mass is 465 g/mol. The van der Waals surface area contributed by atoms with Crippen molar-refractivity contribution in [2.45, 2.75) is 43.4 Å². The zero-order valence-corrected chi connectivity index (χ0v) is 19.1. The second-order valence-corrected chi connectivity index (χ2v) is 9.81. The van der Waals surface area contributed by atoms with E-state index >= 15 is 0 Å². The van der Waals surface area contributed by atoms with Crippen LogP contribution in [0, 0.1) is 0 Å². The molecule has 7 nitrogen and oxygen atoms in total.